The highest BCUT2D eigenvalue weighted by Gasteiger charge is 2.61. The Kier molecular flexibility index (Phi) is 3.24. The van der Waals surface area contributed by atoms with Crippen molar-refractivity contribution in [3.63, 3.8) is 0 Å². The lowest BCUT2D eigenvalue weighted by molar-refractivity contribution is -0.132. The van der Waals surface area contributed by atoms with Crippen LogP contribution in [0.15, 0.2) is 10.6 Å². The zero-order valence-corrected chi connectivity index (χ0v) is 11.2. The summed E-state index contributed by atoms with van der Waals surface area (Å²) in [5.41, 5.74) is 0.00863. The number of allylic oxidation sites excluding steroid dienone is 1. The minimum Gasteiger partial charge on any atom is -0.342 e. The third-order valence-electron chi connectivity index (χ3n) is 3.90. The lowest BCUT2D eigenvalue weighted by Gasteiger charge is -2.15. The molecule has 0 aromatic heterocycles. The third-order valence-corrected chi connectivity index (χ3v) is 4.15. The molecule has 1 saturated heterocycles. The van der Waals surface area contributed by atoms with Gasteiger partial charge in [-0.1, -0.05) is 37.0 Å². The normalized spacial score (nSPS) is 31.4. The van der Waals surface area contributed by atoms with Crippen molar-refractivity contribution in [2.24, 2.45) is 17.3 Å². The molecule has 90 valence electrons. The Labute approximate surface area is 107 Å². The van der Waals surface area contributed by atoms with Gasteiger partial charge in [0.15, 0.2) is 0 Å². The summed E-state index contributed by atoms with van der Waals surface area (Å²) in [4.78, 5) is 14.2. The second-order valence-electron chi connectivity index (χ2n) is 5.31. The Balaban J connectivity index is 2.05. The van der Waals surface area contributed by atoms with Gasteiger partial charge in [-0.05, 0) is 30.3 Å². The first-order valence-electron chi connectivity index (χ1n) is 5.76. The van der Waals surface area contributed by atoms with Crippen LogP contribution in [0.1, 0.15) is 26.7 Å². The molecule has 2 nitrogen and oxygen atoms in total. The average Bonchev–Trinajstić information content (AvgIpc) is 2.63. The van der Waals surface area contributed by atoms with Gasteiger partial charge in [-0.25, -0.2) is 0 Å². The van der Waals surface area contributed by atoms with E-state index in [-0.39, 0.29) is 27.6 Å². The van der Waals surface area contributed by atoms with E-state index in [4.69, 9.17) is 23.2 Å². The summed E-state index contributed by atoms with van der Waals surface area (Å²) in [6, 6.07) is 0. The van der Waals surface area contributed by atoms with Crippen molar-refractivity contribution >= 4 is 29.1 Å². The number of likely N-dealkylation sites (tertiary alicyclic amines) is 1. The van der Waals surface area contributed by atoms with E-state index in [0.29, 0.717) is 0 Å². The van der Waals surface area contributed by atoms with Gasteiger partial charge in [0.25, 0.3) is 0 Å². The Morgan fingerprint density at radius 1 is 1.31 bits per heavy atom. The first-order valence-corrected chi connectivity index (χ1v) is 6.52. The number of hydrogen-bond donors (Lipinski definition) is 0. The van der Waals surface area contributed by atoms with Crippen LogP contribution in [0.3, 0.4) is 0 Å². The molecule has 0 N–H and O–H groups in total. The van der Waals surface area contributed by atoms with Crippen LogP contribution >= 0.6 is 23.2 Å². The summed E-state index contributed by atoms with van der Waals surface area (Å²) in [6.07, 6.45) is 4.08. The summed E-state index contributed by atoms with van der Waals surface area (Å²) < 4.78 is 0.273. The van der Waals surface area contributed by atoms with E-state index in [1.807, 2.05) is 11.0 Å². The number of carbonyl (C=O) groups excluding carboxylic acids is 1. The Bertz CT molecular complexity index is 328. The molecule has 2 rings (SSSR count). The molecule has 2 atom stereocenters. The highest BCUT2D eigenvalue weighted by molar-refractivity contribution is 6.55. The van der Waals surface area contributed by atoms with E-state index in [1.165, 1.54) is 0 Å². The van der Waals surface area contributed by atoms with E-state index in [9.17, 15) is 4.79 Å². The van der Waals surface area contributed by atoms with Crippen LogP contribution < -0.4 is 0 Å². The Morgan fingerprint density at radius 3 is 2.38 bits per heavy atom. The predicted molar refractivity (Wildman–Crippen MR) is 66.4 cm³/mol. The van der Waals surface area contributed by atoms with E-state index in [1.54, 1.807) is 0 Å². The van der Waals surface area contributed by atoms with E-state index < -0.39 is 0 Å². The fourth-order valence-electron chi connectivity index (χ4n) is 2.73. The second kappa shape index (κ2) is 4.23. The standard InChI is InChI=1S/C12H17Cl2NO/c1-12(2)8(7-9(13)14)10(12)11(16)15-5-3-4-6-15/h7-8,10H,3-6H2,1-2H3/t8-,10-/m0/s1. The van der Waals surface area contributed by atoms with Crippen molar-refractivity contribution in [2.75, 3.05) is 13.1 Å². The summed E-state index contributed by atoms with van der Waals surface area (Å²) in [5, 5.41) is 0. The fraction of sp³-hybridized carbons (Fsp3) is 0.750. The molecule has 0 unspecified atom stereocenters. The average molecular weight is 262 g/mol. The van der Waals surface area contributed by atoms with Crippen LogP contribution in [0.5, 0.6) is 0 Å². The van der Waals surface area contributed by atoms with E-state index in [2.05, 4.69) is 13.8 Å². The lowest BCUT2D eigenvalue weighted by Crippen LogP contribution is -2.30. The molecule has 1 aliphatic carbocycles. The zero-order chi connectivity index (χ0) is 11.9. The van der Waals surface area contributed by atoms with Crippen molar-refractivity contribution < 1.29 is 4.79 Å². The van der Waals surface area contributed by atoms with Crippen LogP contribution in [0, 0.1) is 17.3 Å². The highest BCUT2D eigenvalue weighted by Crippen LogP contribution is 2.60. The van der Waals surface area contributed by atoms with Gasteiger partial charge in [0.2, 0.25) is 5.91 Å². The number of rotatable bonds is 2. The molecule has 1 aliphatic heterocycles. The van der Waals surface area contributed by atoms with E-state index in [0.717, 1.165) is 25.9 Å². The zero-order valence-electron chi connectivity index (χ0n) is 9.67. The first-order chi connectivity index (χ1) is 7.44. The molecule has 0 aromatic rings. The minimum absolute atomic E-state index is 0.00863. The molecule has 0 aromatic carbocycles. The third kappa shape index (κ3) is 2.10. The monoisotopic (exact) mass is 261 g/mol. The van der Waals surface area contributed by atoms with E-state index >= 15 is 0 Å². The smallest absolute Gasteiger partial charge is 0.226 e. The number of nitrogens with zero attached hydrogens (tertiary/aromatic N) is 1. The molecule has 1 amide bonds. The van der Waals surface area contributed by atoms with Gasteiger partial charge < -0.3 is 4.90 Å². The molecule has 0 bridgehead atoms. The number of amides is 1. The van der Waals surface area contributed by atoms with Gasteiger partial charge in [0.1, 0.15) is 4.49 Å². The molecule has 0 spiro atoms. The van der Waals surface area contributed by atoms with Crippen LogP contribution in [0.25, 0.3) is 0 Å². The molecule has 1 saturated carbocycles. The van der Waals surface area contributed by atoms with Gasteiger partial charge in [-0.2, -0.15) is 0 Å². The number of carbonyl (C=O) groups is 1. The number of halogens is 2. The minimum atomic E-state index is 0.00863. The van der Waals surface area contributed by atoms with Crippen LogP contribution in [0.4, 0.5) is 0 Å². The maximum absolute atomic E-state index is 12.2. The van der Waals surface area contributed by atoms with Crippen LogP contribution in [-0.4, -0.2) is 23.9 Å². The molecule has 2 aliphatic rings. The fourth-order valence-corrected chi connectivity index (χ4v) is 3.00. The Morgan fingerprint density at radius 2 is 1.88 bits per heavy atom. The summed E-state index contributed by atoms with van der Waals surface area (Å²) in [5.74, 6) is 0.544. The molecular weight excluding hydrogens is 245 g/mol. The van der Waals surface area contributed by atoms with Gasteiger partial charge in [-0.15, -0.1) is 0 Å². The molecular formula is C12H17Cl2NO. The molecule has 2 fully saturated rings. The summed E-state index contributed by atoms with van der Waals surface area (Å²) in [7, 11) is 0. The number of hydrogen-bond acceptors (Lipinski definition) is 1. The molecule has 4 heteroatoms. The quantitative estimate of drug-likeness (QED) is 0.748. The van der Waals surface area contributed by atoms with Gasteiger partial charge >= 0.3 is 0 Å². The maximum Gasteiger partial charge on any atom is 0.226 e. The van der Waals surface area contributed by atoms with Crippen molar-refractivity contribution in [3.8, 4) is 0 Å². The largest absolute Gasteiger partial charge is 0.342 e. The van der Waals surface area contributed by atoms with Crippen molar-refractivity contribution in [3.05, 3.63) is 10.6 Å². The van der Waals surface area contributed by atoms with Crippen molar-refractivity contribution in [1.82, 2.24) is 4.90 Å². The molecule has 16 heavy (non-hydrogen) atoms. The SMILES string of the molecule is CC1(C)[C@H](C(=O)N2CCCC2)[C@@H]1C=C(Cl)Cl. The lowest BCUT2D eigenvalue weighted by atomic mass is 10.1. The van der Waals surface area contributed by atoms with Gasteiger partial charge in [0, 0.05) is 13.1 Å². The van der Waals surface area contributed by atoms with Gasteiger partial charge in [0.05, 0.1) is 5.92 Å². The molecule has 1 heterocycles. The first kappa shape index (κ1) is 12.3. The topological polar surface area (TPSA) is 20.3 Å². The van der Waals surface area contributed by atoms with Crippen LogP contribution in [-0.2, 0) is 4.79 Å². The predicted octanol–water partition coefficient (Wildman–Crippen LogP) is 3.20. The molecule has 0 radical (unpaired) electrons. The maximum atomic E-state index is 12.2. The summed E-state index contributed by atoms with van der Waals surface area (Å²) >= 11 is 11.3. The van der Waals surface area contributed by atoms with Crippen LogP contribution in [0.2, 0.25) is 0 Å². The van der Waals surface area contributed by atoms with Gasteiger partial charge in [-0.3, -0.25) is 4.79 Å². The second-order valence-corrected chi connectivity index (χ2v) is 6.32. The summed E-state index contributed by atoms with van der Waals surface area (Å²) in [6.45, 7) is 6.03. The highest BCUT2D eigenvalue weighted by atomic mass is 35.5. The van der Waals surface area contributed by atoms with Crippen molar-refractivity contribution in [2.45, 2.75) is 26.7 Å². The Hall–Kier alpha value is -0.210. The van der Waals surface area contributed by atoms with Crippen molar-refractivity contribution in [1.29, 1.82) is 0 Å².